The van der Waals surface area contributed by atoms with E-state index >= 15 is 0 Å². The van der Waals surface area contributed by atoms with Crippen molar-refractivity contribution in [3.8, 4) is 0 Å². The number of carboxylic acid groups (broad SMARTS) is 1. The second kappa shape index (κ2) is 6.03. The average molecular weight is 239 g/mol. The standard InChI is InChI=1S/C11H17N3O3/c1-3-13(8-5-10(15)16)11(17)9(2)14-7-4-6-12-14/h4,6-7,9H,3,5,8H2,1-2H3,(H,15,16). The van der Waals surface area contributed by atoms with Crippen LogP contribution in [0.2, 0.25) is 0 Å². The molecule has 1 heterocycles. The highest BCUT2D eigenvalue weighted by molar-refractivity contribution is 5.80. The van der Waals surface area contributed by atoms with E-state index in [9.17, 15) is 9.59 Å². The van der Waals surface area contributed by atoms with Crippen molar-refractivity contribution in [3.05, 3.63) is 18.5 Å². The van der Waals surface area contributed by atoms with E-state index in [1.807, 2.05) is 6.92 Å². The molecule has 0 bridgehead atoms. The fourth-order valence-corrected chi connectivity index (χ4v) is 1.54. The third kappa shape index (κ3) is 3.58. The molecule has 0 saturated carbocycles. The Hall–Kier alpha value is -1.85. The Morgan fingerprint density at radius 2 is 2.24 bits per heavy atom. The van der Waals surface area contributed by atoms with E-state index < -0.39 is 12.0 Å². The van der Waals surface area contributed by atoms with E-state index in [1.165, 1.54) is 4.90 Å². The van der Waals surface area contributed by atoms with Crippen LogP contribution >= 0.6 is 0 Å². The molecule has 0 aromatic carbocycles. The van der Waals surface area contributed by atoms with Crippen LogP contribution in [0.25, 0.3) is 0 Å². The average Bonchev–Trinajstić information content (AvgIpc) is 2.81. The number of hydrogen-bond donors (Lipinski definition) is 1. The van der Waals surface area contributed by atoms with E-state index in [0.717, 1.165) is 0 Å². The summed E-state index contributed by atoms with van der Waals surface area (Å²) in [7, 11) is 0. The molecule has 0 aliphatic rings. The van der Waals surface area contributed by atoms with Gasteiger partial charge in [-0.3, -0.25) is 14.3 Å². The van der Waals surface area contributed by atoms with Crippen molar-refractivity contribution in [1.29, 1.82) is 0 Å². The van der Waals surface area contributed by atoms with Gasteiger partial charge in [-0.15, -0.1) is 0 Å². The van der Waals surface area contributed by atoms with E-state index in [-0.39, 0.29) is 18.9 Å². The maximum Gasteiger partial charge on any atom is 0.305 e. The van der Waals surface area contributed by atoms with Crippen LogP contribution in [-0.2, 0) is 9.59 Å². The van der Waals surface area contributed by atoms with Crippen molar-refractivity contribution in [1.82, 2.24) is 14.7 Å². The van der Waals surface area contributed by atoms with Crippen LogP contribution in [0.15, 0.2) is 18.5 Å². The Kier molecular flexibility index (Phi) is 4.68. The van der Waals surface area contributed by atoms with Crippen LogP contribution in [0.5, 0.6) is 0 Å². The number of amides is 1. The summed E-state index contributed by atoms with van der Waals surface area (Å²) in [5.74, 6) is -1.01. The van der Waals surface area contributed by atoms with E-state index in [4.69, 9.17) is 5.11 Å². The lowest BCUT2D eigenvalue weighted by molar-refractivity contribution is -0.139. The molecule has 1 amide bonds. The Morgan fingerprint density at radius 1 is 1.53 bits per heavy atom. The fraction of sp³-hybridized carbons (Fsp3) is 0.545. The minimum Gasteiger partial charge on any atom is -0.481 e. The molecule has 6 nitrogen and oxygen atoms in total. The highest BCUT2D eigenvalue weighted by Gasteiger charge is 2.21. The van der Waals surface area contributed by atoms with Crippen LogP contribution in [-0.4, -0.2) is 44.8 Å². The van der Waals surface area contributed by atoms with Gasteiger partial charge in [0.25, 0.3) is 0 Å². The number of aliphatic carboxylic acids is 1. The quantitative estimate of drug-likeness (QED) is 0.795. The SMILES string of the molecule is CCN(CCC(=O)O)C(=O)C(C)n1cccn1. The highest BCUT2D eigenvalue weighted by atomic mass is 16.4. The summed E-state index contributed by atoms with van der Waals surface area (Å²) in [5.41, 5.74) is 0. The first-order valence-electron chi connectivity index (χ1n) is 5.56. The molecule has 1 unspecified atom stereocenters. The number of aromatic nitrogens is 2. The summed E-state index contributed by atoms with van der Waals surface area (Å²) in [4.78, 5) is 24.1. The van der Waals surface area contributed by atoms with Gasteiger partial charge in [0.05, 0.1) is 6.42 Å². The molecular weight excluding hydrogens is 222 g/mol. The monoisotopic (exact) mass is 239 g/mol. The van der Waals surface area contributed by atoms with Crippen molar-refractivity contribution in [3.63, 3.8) is 0 Å². The zero-order valence-electron chi connectivity index (χ0n) is 10.0. The van der Waals surface area contributed by atoms with Crippen molar-refractivity contribution in [2.45, 2.75) is 26.3 Å². The van der Waals surface area contributed by atoms with Crippen LogP contribution in [0.4, 0.5) is 0 Å². The molecule has 0 saturated heterocycles. The molecule has 17 heavy (non-hydrogen) atoms. The van der Waals surface area contributed by atoms with Gasteiger partial charge in [-0.1, -0.05) is 0 Å². The lowest BCUT2D eigenvalue weighted by Gasteiger charge is -2.23. The van der Waals surface area contributed by atoms with E-state index in [1.54, 1.807) is 30.1 Å². The first kappa shape index (κ1) is 13.2. The number of nitrogens with zero attached hydrogens (tertiary/aromatic N) is 3. The number of carbonyl (C=O) groups is 2. The zero-order chi connectivity index (χ0) is 12.8. The first-order chi connectivity index (χ1) is 8.06. The molecule has 94 valence electrons. The molecular formula is C11H17N3O3. The molecule has 1 rings (SSSR count). The van der Waals surface area contributed by atoms with Gasteiger partial charge in [0.15, 0.2) is 0 Å². The smallest absolute Gasteiger partial charge is 0.305 e. The second-order valence-corrected chi connectivity index (χ2v) is 3.72. The van der Waals surface area contributed by atoms with Crippen molar-refractivity contribution < 1.29 is 14.7 Å². The van der Waals surface area contributed by atoms with Gasteiger partial charge in [-0.25, -0.2) is 0 Å². The van der Waals surface area contributed by atoms with E-state index in [0.29, 0.717) is 6.54 Å². The Labute approximate surface area is 99.8 Å². The molecule has 0 aliphatic carbocycles. The number of carbonyl (C=O) groups excluding carboxylic acids is 1. The molecule has 0 spiro atoms. The van der Waals surface area contributed by atoms with Crippen molar-refractivity contribution >= 4 is 11.9 Å². The molecule has 0 aliphatic heterocycles. The summed E-state index contributed by atoms with van der Waals surface area (Å²) in [6.07, 6.45) is 3.29. The third-order valence-electron chi connectivity index (χ3n) is 2.57. The highest BCUT2D eigenvalue weighted by Crippen LogP contribution is 2.08. The zero-order valence-corrected chi connectivity index (χ0v) is 10.0. The molecule has 1 aromatic rings. The maximum atomic E-state index is 12.1. The third-order valence-corrected chi connectivity index (χ3v) is 2.57. The number of hydrogen-bond acceptors (Lipinski definition) is 3. The summed E-state index contributed by atoms with van der Waals surface area (Å²) in [6.45, 7) is 4.31. The predicted octanol–water partition coefficient (Wildman–Crippen LogP) is 0.767. The van der Waals surface area contributed by atoms with Gasteiger partial charge in [-0.2, -0.15) is 5.10 Å². The van der Waals surface area contributed by atoms with Gasteiger partial charge in [0, 0.05) is 25.5 Å². The topological polar surface area (TPSA) is 75.4 Å². The normalized spacial score (nSPS) is 12.1. The molecule has 1 N–H and O–H groups in total. The van der Waals surface area contributed by atoms with Crippen LogP contribution < -0.4 is 0 Å². The first-order valence-corrected chi connectivity index (χ1v) is 5.56. The van der Waals surface area contributed by atoms with Gasteiger partial charge in [-0.05, 0) is 19.9 Å². The molecule has 1 aromatic heterocycles. The van der Waals surface area contributed by atoms with Crippen molar-refractivity contribution in [2.75, 3.05) is 13.1 Å². The Balaban J connectivity index is 2.62. The predicted molar refractivity (Wildman–Crippen MR) is 61.4 cm³/mol. The number of rotatable bonds is 6. The molecule has 0 radical (unpaired) electrons. The molecule has 1 atom stereocenters. The summed E-state index contributed by atoms with van der Waals surface area (Å²) < 4.78 is 1.56. The van der Waals surface area contributed by atoms with E-state index in [2.05, 4.69) is 5.10 Å². The van der Waals surface area contributed by atoms with Crippen molar-refractivity contribution in [2.24, 2.45) is 0 Å². The van der Waals surface area contributed by atoms with Crippen LogP contribution in [0.1, 0.15) is 26.3 Å². The van der Waals surface area contributed by atoms with Gasteiger partial charge in [0.1, 0.15) is 6.04 Å². The minimum absolute atomic E-state index is 0.0363. The van der Waals surface area contributed by atoms with Gasteiger partial charge in [0.2, 0.25) is 5.91 Å². The largest absolute Gasteiger partial charge is 0.481 e. The summed E-state index contributed by atoms with van der Waals surface area (Å²) >= 11 is 0. The Bertz CT molecular complexity index is 375. The lowest BCUT2D eigenvalue weighted by Crippen LogP contribution is -2.37. The van der Waals surface area contributed by atoms with Crippen LogP contribution in [0, 0.1) is 0 Å². The molecule has 0 fully saturated rings. The molecule has 6 heteroatoms. The van der Waals surface area contributed by atoms with Gasteiger partial charge >= 0.3 is 5.97 Å². The summed E-state index contributed by atoms with van der Waals surface area (Å²) in [5, 5.41) is 12.6. The lowest BCUT2D eigenvalue weighted by atomic mass is 10.2. The maximum absolute atomic E-state index is 12.1. The summed E-state index contributed by atoms with van der Waals surface area (Å²) in [6, 6.07) is 1.34. The number of carboxylic acids is 1. The Morgan fingerprint density at radius 3 is 2.71 bits per heavy atom. The second-order valence-electron chi connectivity index (χ2n) is 3.72. The fourth-order valence-electron chi connectivity index (χ4n) is 1.54. The van der Waals surface area contributed by atoms with Gasteiger partial charge < -0.3 is 10.0 Å². The van der Waals surface area contributed by atoms with Crippen LogP contribution in [0.3, 0.4) is 0 Å². The number of likely N-dealkylation sites (N-methyl/N-ethyl adjacent to an activating group) is 1. The minimum atomic E-state index is -0.900.